The Kier molecular flexibility index (Phi) is 3.22. The molecule has 3 rings (SSSR count). The number of aryl methyl sites for hydroxylation is 2. The summed E-state index contributed by atoms with van der Waals surface area (Å²) in [6, 6.07) is 10.1. The van der Waals surface area contributed by atoms with Crippen molar-refractivity contribution < 1.29 is 8.42 Å². The summed E-state index contributed by atoms with van der Waals surface area (Å²) >= 11 is 5.88. The molecule has 1 heterocycles. The molecule has 2 aromatic carbocycles. The van der Waals surface area contributed by atoms with Gasteiger partial charge in [-0.3, -0.25) is 0 Å². The van der Waals surface area contributed by atoms with E-state index < -0.39 is 10.0 Å². The van der Waals surface area contributed by atoms with Crippen LogP contribution < -0.4 is 0 Å². The highest BCUT2D eigenvalue weighted by atomic mass is 35.5. The zero-order chi connectivity index (χ0) is 15.2. The minimum Gasteiger partial charge on any atom is -0.199 e. The van der Waals surface area contributed by atoms with Gasteiger partial charge in [0.1, 0.15) is 11.0 Å². The van der Waals surface area contributed by atoms with Crippen molar-refractivity contribution in [3.05, 3.63) is 52.5 Å². The first-order chi connectivity index (χ1) is 9.89. The molecule has 5 nitrogen and oxygen atoms in total. The van der Waals surface area contributed by atoms with E-state index in [1.165, 1.54) is 0 Å². The molecule has 108 valence electrons. The van der Waals surface area contributed by atoms with Crippen molar-refractivity contribution in [2.24, 2.45) is 0 Å². The van der Waals surface area contributed by atoms with Gasteiger partial charge in [-0.15, -0.1) is 9.19 Å². The van der Waals surface area contributed by atoms with Crippen molar-refractivity contribution >= 4 is 32.7 Å². The van der Waals surface area contributed by atoms with Crippen LogP contribution >= 0.6 is 11.6 Å². The maximum absolute atomic E-state index is 12.8. The second-order valence-corrected chi connectivity index (χ2v) is 7.01. The predicted octanol–water partition coefficient (Wildman–Crippen LogP) is 2.94. The molecule has 0 fully saturated rings. The van der Waals surface area contributed by atoms with Gasteiger partial charge in [-0.25, -0.2) is 0 Å². The average Bonchev–Trinajstić information content (AvgIpc) is 2.84. The summed E-state index contributed by atoms with van der Waals surface area (Å²) < 4.78 is 26.5. The maximum Gasteiger partial charge on any atom is 0.285 e. The largest absolute Gasteiger partial charge is 0.285 e. The van der Waals surface area contributed by atoms with E-state index in [0.717, 1.165) is 9.65 Å². The topological polar surface area (TPSA) is 64.8 Å². The van der Waals surface area contributed by atoms with Crippen molar-refractivity contribution in [1.82, 2.24) is 14.4 Å². The molecule has 7 heteroatoms. The van der Waals surface area contributed by atoms with E-state index in [4.69, 9.17) is 11.6 Å². The lowest BCUT2D eigenvalue weighted by atomic mass is 10.2. The molecule has 0 spiro atoms. The van der Waals surface area contributed by atoms with E-state index in [9.17, 15) is 8.42 Å². The smallest absolute Gasteiger partial charge is 0.199 e. The Labute approximate surface area is 127 Å². The number of nitrogens with zero attached hydrogens (tertiary/aromatic N) is 3. The molecule has 0 saturated carbocycles. The molecule has 0 atom stereocenters. The fourth-order valence-electron chi connectivity index (χ4n) is 2.13. The molecule has 3 aromatic rings. The quantitative estimate of drug-likeness (QED) is 0.728. The Morgan fingerprint density at radius 2 is 1.86 bits per heavy atom. The lowest BCUT2D eigenvalue weighted by Gasteiger charge is -2.08. The molecule has 0 saturated heterocycles. The number of benzene rings is 2. The molecule has 0 amide bonds. The van der Waals surface area contributed by atoms with Gasteiger partial charge >= 0.3 is 0 Å². The van der Waals surface area contributed by atoms with Gasteiger partial charge < -0.3 is 0 Å². The number of hydrogen-bond acceptors (Lipinski definition) is 4. The second kappa shape index (κ2) is 4.82. The van der Waals surface area contributed by atoms with Gasteiger partial charge in [0.15, 0.2) is 0 Å². The molecule has 0 N–H and O–H groups in total. The van der Waals surface area contributed by atoms with Crippen LogP contribution in [0.25, 0.3) is 11.0 Å². The highest BCUT2D eigenvalue weighted by molar-refractivity contribution is 7.90. The van der Waals surface area contributed by atoms with Gasteiger partial charge in [0.25, 0.3) is 10.0 Å². The van der Waals surface area contributed by atoms with Crippen LogP contribution in [0.5, 0.6) is 0 Å². The fourth-order valence-corrected chi connectivity index (χ4v) is 3.84. The summed E-state index contributed by atoms with van der Waals surface area (Å²) in [5, 5.41) is 8.13. The fraction of sp³-hybridized carbons (Fsp3) is 0.143. The molecule has 0 bridgehead atoms. The monoisotopic (exact) mass is 321 g/mol. The third-order valence-electron chi connectivity index (χ3n) is 3.23. The molecular formula is C14H12ClN3O2S. The Hall–Kier alpha value is -1.92. The lowest BCUT2D eigenvalue weighted by molar-refractivity contribution is 0.579. The zero-order valence-electron chi connectivity index (χ0n) is 11.4. The summed E-state index contributed by atoms with van der Waals surface area (Å²) in [5.74, 6) is 0. The third kappa shape index (κ3) is 2.30. The van der Waals surface area contributed by atoms with Crippen LogP contribution in [0.1, 0.15) is 11.1 Å². The number of halogens is 1. The standard InChI is InChI=1S/C14H12ClN3O2S/c1-9-3-4-10(2)14(7-9)21(19,20)18-13-6-5-11(15)8-12(13)16-17-18/h3-8H,1-2H3. The van der Waals surface area contributed by atoms with Crippen LogP contribution in [0.2, 0.25) is 5.02 Å². The average molecular weight is 322 g/mol. The van der Waals surface area contributed by atoms with E-state index in [1.54, 1.807) is 37.3 Å². The van der Waals surface area contributed by atoms with Gasteiger partial charge in [0, 0.05) is 5.02 Å². The number of fused-ring (bicyclic) bond motifs is 1. The van der Waals surface area contributed by atoms with Crippen LogP contribution in [0.15, 0.2) is 41.3 Å². The van der Waals surface area contributed by atoms with Crippen molar-refractivity contribution in [3.63, 3.8) is 0 Å². The normalized spacial score (nSPS) is 12.0. The van der Waals surface area contributed by atoms with Crippen molar-refractivity contribution in [2.75, 3.05) is 0 Å². The Bertz CT molecular complexity index is 948. The van der Waals surface area contributed by atoms with E-state index in [1.807, 2.05) is 13.0 Å². The van der Waals surface area contributed by atoms with Crippen LogP contribution in [0.3, 0.4) is 0 Å². The Morgan fingerprint density at radius 3 is 2.62 bits per heavy atom. The molecule has 0 aliphatic rings. The minimum atomic E-state index is -3.79. The Balaban J connectivity index is 2.28. The van der Waals surface area contributed by atoms with E-state index in [2.05, 4.69) is 10.3 Å². The molecule has 1 aromatic heterocycles. The minimum absolute atomic E-state index is 0.226. The molecule has 0 radical (unpaired) electrons. The maximum atomic E-state index is 12.8. The van der Waals surface area contributed by atoms with Crippen LogP contribution in [-0.4, -0.2) is 22.8 Å². The lowest BCUT2D eigenvalue weighted by Crippen LogP contribution is -2.16. The Morgan fingerprint density at radius 1 is 1.10 bits per heavy atom. The van der Waals surface area contributed by atoms with Gasteiger partial charge in [-0.2, -0.15) is 8.42 Å². The number of aromatic nitrogens is 3. The summed E-state index contributed by atoms with van der Waals surface area (Å²) in [6.45, 7) is 3.60. The predicted molar refractivity (Wildman–Crippen MR) is 81.0 cm³/mol. The number of rotatable bonds is 2. The summed E-state index contributed by atoms with van der Waals surface area (Å²) in [7, 11) is -3.79. The highest BCUT2D eigenvalue weighted by Gasteiger charge is 2.23. The van der Waals surface area contributed by atoms with Crippen molar-refractivity contribution in [3.8, 4) is 0 Å². The first kappa shape index (κ1) is 14.0. The van der Waals surface area contributed by atoms with Gasteiger partial charge in [-0.05, 0) is 49.2 Å². The molecule has 0 unspecified atom stereocenters. The highest BCUT2D eigenvalue weighted by Crippen LogP contribution is 2.24. The van der Waals surface area contributed by atoms with E-state index >= 15 is 0 Å². The van der Waals surface area contributed by atoms with Crippen molar-refractivity contribution in [2.45, 2.75) is 18.7 Å². The molecule has 0 aliphatic carbocycles. The van der Waals surface area contributed by atoms with Gasteiger partial charge in [0.2, 0.25) is 0 Å². The second-order valence-electron chi connectivity index (χ2n) is 4.84. The van der Waals surface area contributed by atoms with Gasteiger partial charge in [-0.1, -0.05) is 28.9 Å². The molecule has 0 aliphatic heterocycles. The molecular weight excluding hydrogens is 310 g/mol. The SMILES string of the molecule is Cc1ccc(C)c(S(=O)(=O)n2nnc3cc(Cl)ccc32)c1. The summed E-state index contributed by atoms with van der Waals surface area (Å²) in [6.07, 6.45) is 0. The summed E-state index contributed by atoms with van der Waals surface area (Å²) in [5.41, 5.74) is 2.38. The third-order valence-corrected chi connectivity index (χ3v) is 5.18. The first-order valence-electron chi connectivity index (χ1n) is 6.23. The van der Waals surface area contributed by atoms with Crippen molar-refractivity contribution in [1.29, 1.82) is 0 Å². The number of hydrogen-bond donors (Lipinski definition) is 0. The summed E-state index contributed by atoms with van der Waals surface area (Å²) in [4.78, 5) is 0.226. The van der Waals surface area contributed by atoms with E-state index in [-0.39, 0.29) is 4.90 Å². The van der Waals surface area contributed by atoms with Crippen LogP contribution in [0.4, 0.5) is 0 Å². The van der Waals surface area contributed by atoms with Crippen LogP contribution in [0, 0.1) is 13.8 Å². The zero-order valence-corrected chi connectivity index (χ0v) is 13.0. The van der Waals surface area contributed by atoms with Gasteiger partial charge in [0.05, 0.1) is 4.90 Å². The van der Waals surface area contributed by atoms with E-state index in [0.29, 0.717) is 21.6 Å². The molecule has 21 heavy (non-hydrogen) atoms. The first-order valence-corrected chi connectivity index (χ1v) is 8.05. The van der Waals surface area contributed by atoms with Crippen LogP contribution in [-0.2, 0) is 10.0 Å².